The molecular weight excluding hydrogens is 216 g/mol. The van der Waals surface area contributed by atoms with E-state index in [0.29, 0.717) is 36.1 Å². The van der Waals surface area contributed by atoms with E-state index in [1.54, 1.807) is 0 Å². The first-order valence-electron chi connectivity index (χ1n) is 6.85. The molecular formula is C13H22N2O2. The second kappa shape index (κ2) is 4.58. The number of ether oxygens (including phenoxy) is 1. The van der Waals surface area contributed by atoms with Gasteiger partial charge in [0.15, 0.2) is 0 Å². The van der Waals surface area contributed by atoms with Crippen LogP contribution in [0.25, 0.3) is 0 Å². The fourth-order valence-electron chi connectivity index (χ4n) is 3.59. The van der Waals surface area contributed by atoms with Gasteiger partial charge in [0.05, 0.1) is 0 Å². The number of hydrogen-bond acceptors (Lipinski definition) is 3. The van der Waals surface area contributed by atoms with Gasteiger partial charge in [0.2, 0.25) is 5.91 Å². The first-order chi connectivity index (χ1) is 8.24. The summed E-state index contributed by atoms with van der Waals surface area (Å²) in [4.78, 5) is 14.3. The molecule has 0 aromatic heterocycles. The van der Waals surface area contributed by atoms with E-state index < -0.39 is 0 Å². The standard InChI is InChI=1S/C13H22N2O2/c14-13-10-1-2-11(13)7-15(6-10)12(16)5-9-3-4-17-8-9/h9-11,13H,1-8,14H2/t9-,10-,11+,13?/m0/s1. The summed E-state index contributed by atoms with van der Waals surface area (Å²) >= 11 is 0. The van der Waals surface area contributed by atoms with Crippen molar-refractivity contribution < 1.29 is 9.53 Å². The van der Waals surface area contributed by atoms with Crippen molar-refractivity contribution in [3.8, 4) is 0 Å². The van der Waals surface area contributed by atoms with E-state index in [9.17, 15) is 4.79 Å². The third kappa shape index (κ3) is 2.20. The van der Waals surface area contributed by atoms with Gasteiger partial charge in [0, 0.05) is 38.8 Å². The number of rotatable bonds is 2. The monoisotopic (exact) mass is 238 g/mol. The van der Waals surface area contributed by atoms with Crippen molar-refractivity contribution in [1.82, 2.24) is 4.90 Å². The second-order valence-electron chi connectivity index (χ2n) is 5.91. The van der Waals surface area contributed by atoms with E-state index in [-0.39, 0.29) is 0 Å². The van der Waals surface area contributed by atoms with E-state index in [4.69, 9.17) is 10.5 Å². The molecule has 2 bridgehead atoms. The highest BCUT2D eigenvalue weighted by atomic mass is 16.5. The minimum absolute atomic E-state index is 0.323. The zero-order chi connectivity index (χ0) is 11.8. The minimum Gasteiger partial charge on any atom is -0.381 e. The maximum absolute atomic E-state index is 12.2. The van der Waals surface area contributed by atoms with Gasteiger partial charge < -0.3 is 15.4 Å². The van der Waals surface area contributed by atoms with Crippen LogP contribution in [0.4, 0.5) is 0 Å². The summed E-state index contributed by atoms with van der Waals surface area (Å²) in [6, 6.07) is 0.342. The summed E-state index contributed by atoms with van der Waals surface area (Å²) in [5.74, 6) is 1.88. The topological polar surface area (TPSA) is 55.6 Å². The first-order valence-corrected chi connectivity index (χ1v) is 6.85. The highest BCUT2D eigenvalue weighted by molar-refractivity contribution is 5.76. The number of carbonyl (C=O) groups excluding carboxylic acids is 1. The normalized spacial score (nSPS) is 40.9. The van der Waals surface area contributed by atoms with Crippen LogP contribution in [0.2, 0.25) is 0 Å². The number of carbonyl (C=O) groups is 1. The predicted molar refractivity (Wildman–Crippen MR) is 64.3 cm³/mol. The van der Waals surface area contributed by atoms with Crippen molar-refractivity contribution in [2.45, 2.75) is 31.7 Å². The van der Waals surface area contributed by atoms with Crippen molar-refractivity contribution in [2.24, 2.45) is 23.5 Å². The molecule has 0 spiro atoms. The number of piperidine rings is 1. The quantitative estimate of drug-likeness (QED) is 0.767. The SMILES string of the molecule is NC1[C@@H]2CC[C@H]1CN(C(=O)C[C@@H]1CCOC1)C2. The van der Waals surface area contributed by atoms with Crippen LogP contribution in [0.5, 0.6) is 0 Å². The maximum atomic E-state index is 12.2. The van der Waals surface area contributed by atoms with Crippen molar-refractivity contribution in [3.05, 3.63) is 0 Å². The van der Waals surface area contributed by atoms with Gasteiger partial charge in [-0.25, -0.2) is 0 Å². The van der Waals surface area contributed by atoms with Gasteiger partial charge in [-0.2, -0.15) is 0 Å². The van der Waals surface area contributed by atoms with E-state index in [2.05, 4.69) is 4.90 Å². The molecule has 2 heterocycles. The molecule has 4 nitrogen and oxygen atoms in total. The number of nitrogens with two attached hydrogens (primary N) is 1. The molecule has 1 amide bonds. The lowest BCUT2D eigenvalue weighted by Gasteiger charge is -2.36. The number of likely N-dealkylation sites (tertiary alicyclic amines) is 1. The first kappa shape index (κ1) is 11.5. The molecule has 96 valence electrons. The van der Waals surface area contributed by atoms with E-state index in [0.717, 1.165) is 32.7 Å². The molecule has 3 rings (SSSR count). The van der Waals surface area contributed by atoms with Crippen molar-refractivity contribution >= 4 is 5.91 Å². The van der Waals surface area contributed by atoms with E-state index >= 15 is 0 Å². The molecule has 1 saturated carbocycles. The number of nitrogens with zero attached hydrogens (tertiary/aromatic N) is 1. The molecule has 2 N–H and O–H groups in total. The lowest BCUT2D eigenvalue weighted by Crippen LogP contribution is -2.51. The molecule has 1 aliphatic carbocycles. The van der Waals surface area contributed by atoms with Crippen LogP contribution >= 0.6 is 0 Å². The van der Waals surface area contributed by atoms with Gasteiger partial charge in [-0.15, -0.1) is 0 Å². The Kier molecular flexibility index (Phi) is 3.09. The van der Waals surface area contributed by atoms with Gasteiger partial charge >= 0.3 is 0 Å². The van der Waals surface area contributed by atoms with E-state index in [1.807, 2.05) is 0 Å². The maximum Gasteiger partial charge on any atom is 0.222 e. The second-order valence-corrected chi connectivity index (χ2v) is 5.91. The predicted octanol–water partition coefficient (Wildman–Crippen LogP) is 0.609. The minimum atomic E-state index is 0.323. The average Bonchev–Trinajstić information content (AvgIpc) is 2.86. The zero-order valence-electron chi connectivity index (χ0n) is 10.3. The number of hydrogen-bond donors (Lipinski definition) is 1. The van der Waals surface area contributed by atoms with Crippen molar-refractivity contribution in [1.29, 1.82) is 0 Å². The molecule has 0 radical (unpaired) electrons. The van der Waals surface area contributed by atoms with Crippen LogP contribution in [-0.4, -0.2) is 43.2 Å². The summed E-state index contributed by atoms with van der Waals surface area (Å²) in [5, 5.41) is 0. The lowest BCUT2D eigenvalue weighted by molar-refractivity contribution is -0.134. The Balaban J connectivity index is 1.56. The zero-order valence-corrected chi connectivity index (χ0v) is 10.3. The van der Waals surface area contributed by atoms with Crippen LogP contribution in [-0.2, 0) is 9.53 Å². The highest BCUT2D eigenvalue weighted by Gasteiger charge is 2.41. The largest absolute Gasteiger partial charge is 0.381 e. The Labute approximate surface area is 102 Å². The van der Waals surface area contributed by atoms with E-state index in [1.165, 1.54) is 12.8 Å². The molecule has 4 atom stereocenters. The molecule has 4 heteroatoms. The van der Waals surface area contributed by atoms with Crippen LogP contribution in [0, 0.1) is 17.8 Å². The third-order valence-corrected chi connectivity index (χ3v) is 4.75. The van der Waals surface area contributed by atoms with Crippen LogP contribution in [0.15, 0.2) is 0 Å². The summed E-state index contributed by atoms with van der Waals surface area (Å²) in [7, 11) is 0. The Hall–Kier alpha value is -0.610. The smallest absolute Gasteiger partial charge is 0.222 e. The van der Waals surface area contributed by atoms with Crippen LogP contribution in [0.1, 0.15) is 25.7 Å². The summed E-state index contributed by atoms with van der Waals surface area (Å²) in [6.45, 7) is 3.38. The van der Waals surface area contributed by atoms with Crippen LogP contribution < -0.4 is 5.73 Å². The Bertz CT molecular complexity index is 288. The summed E-state index contributed by atoms with van der Waals surface area (Å²) in [6.07, 6.45) is 4.14. The van der Waals surface area contributed by atoms with Crippen molar-refractivity contribution in [3.63, 3.8) is 0 Å². The van der Waals surface area contributed by atoms with Gasteiger partial charge in [0.25, 0.3) is 0 Å². The fourth-order valence-corrected chi connectivity index (χ4v) is 3.59. The molecule has 0 aromatic carbocycles. The number of amides is 1. The Morgan fingerprint density at radius 1 is 1.24 bits per heavy atom. The number of fused-ring (bicyclic) bond motifs is 2. The van der Waals surface area contributed by atoms with Gasteiger partial charge in [0.1, 0.15) is 0 Å². The fraction of sp³-hybridized carbons (Fsp3) is 0.923. The highest BCUT2D eigenvalue weighted by Crippen LogP contribution is 2.36. The molecule has 2 saturated heterocycles. The Morgan fingerprint density at radius 3 is 2.53 bits per heavy atom. The Morgan fingerprint density at radius 2 is 1.94 bits per heavy atom. The van der Waals surface area contributed by atoms with Crippen molar-refractivity contribution in [2.75, 3.05) is 26.3 Å². The molecule has 1 unspecified atom stereocenters. The average molecular weight is 238 g/mol. The van der Waals surface area contributed by atoms with Gasteiger partial charge in [-0.3, -0.25) is 4.79 Å². The van der Waals surface area contributed by atoms with Gasteiger partial charge in [-0.05, 0) is 37.0 Å². The molecule has 17 heavy (non-hydrogen) atoms. The lowest BCUT2D eigenvalue weighted by atomic mass is 9.92. The summed E-state index contributed by atoms with van der Waals surface area (Å²) < 4.78 is 5.33. The summed E-state index contributed by atoms with van der Waals surface area (Å²) in [5.41, 5.74) is 6.15. The molecule has 2 aliphatic heterocycles. The molecule has 3 fully saturated rings. The van der Waals surface area contributed by atoms with Gasteiger partial charge in [-0.1, -0.05) is 0 Å². The third-order valence-electron chi connectivity index (χ3n) is 4.75. The molecule has 0 aromatic rings. The van der Waals surface area contributed by atoms with Crippen LogP contribution in [0.3, 0.4) is 0 Å². The molecule has 3 aliphatic rings.